The maximum atomic E-state index is 14.5. The van der Waals surface area contributed by atoms with Gasteiger partial charge in [0.05, 0.1) is 18.1 Å². The van der Waals surface area contributed by atoms with E-state index in [-0.39, 0.29) is 31.6 Å². The third-order valence-corrected chi connectivity index (χ3v) is 8.99. The SMILES string of the molecule is C=CCCCOC(=O)[C@@H]1[C@H]2C(=O)N(CCCCCO)C(C(=O)N(CC=C)c3ccc(Cl)cc3)C23CC[C@@]1(CC)O3. The molecule has 3 aliphatic heterocycles. The van der Waals surface area contributed by atoms with Gasteiger partial charge in [0.2, 0.25) is 5.91 Å². The van der Waals surface area contributed by atoms with Crippen molar-refractivity contribution in [1.82, 2.24) is 4.90 Å². The molecule has 3 fully saturated rings. The van der Waals surface area contributed by atoms with Gasteiger partial charge in [-0.05, 0) is 75.6 Å². The second-order valence-corrected chi connectivity index (χ2v) is 11.4. The standard InChI is InChI=1S/C31H41ClN2O6/c1-4-7-11-21-39-29(38)25-24-27(36)34(19-9-8-10-20-35)26(31(24)17-16-30(25,6-3)40-31)28(37)33(18-5-2)23-14-12-22(32)13-15-23/h4-5,12-15,24-26,35H,1-2,6-11,16-21H2,3H3/t24-,25-,26?,30+,31?/m0/s1. The number of nitrogens with zero attached hydrogens (tertiary/aromatic N) is 2. The Kier molecular flexibility index (Phi) is 9.75. The zero-order valence-electron chi connectivity index (χ0n) is 23.4. The molecule has 40 heavy (non-hydrogen) atoms. The largest absolute Gasteiger partial charge is 0.465 e. The lowest BCUT2D eigenvalue weighted by molar-refractivity contribution is -0.161. The van der Waals surface area contributed by atoms with E-state index in [1.54, 1.807) is 46.2 Å². The summed E-state index contributed by atoms with van der Waals surface area (Å²) in [5, 5.41) is 9.81. The molecular formula is C31H41ClN2O6. The molecule has 3 saturated heterocycles. The second-order valence-electron chi connectivity index (χ2n) is 11.0. The molecule has 5 atom stereocenters. The summed E-state index contributed by atoms with van der Waals surface area (Å²) in [4.78, 5) is 45.5. The Morgan fingerprint density at radius 3 is 2.58 bits per heavy atom. The summed E-state index contributed by atoms with van der Waals surface area (Å²) in [7, 11) is 0. The molecule has 1 aromatic carbocycles. The highest BCUT2D eigenvalue weighted by Gasteiger charge is 2.79. The Bertz CT molecular complexity index is 1110. The summed E-state index contributed by atoms with van der Waals surface area (Å²) in [5.74, 6) is -2.51. The van der Waals surface area contributed by atoms with Gasteiger partial charge in [-0.2, -0.15) is 0 Å². The first-order valence-corrected chi connectivity index (χ1v) is 14.7. The number of amides is 2. The molecule has 2 amide bonds. The third-order valence-electron chi connectivity index (χ3n) is 8.74. The van der Waals surface area contributed by atoms with E-state index in [4.69, 9.17) is 21.1 Å². The summed E-state index contributed by atoms with van der Waals surface area (Å²) >= 11 is 6.12. The average molecular weight is 573 g/mol. The van der Waals surface area contributed by atoms with Gasteiger partial charge < -0.3 is 24.4 Å². The molecule has 1 aromatic rings. The zero-order valence-corrected chi connectivity index (χ0v) is 24.1. The van der Waals surface area contributed by atoms with Crippen molar-refractivity contribution in [2.24, 2.45) is 11.8 Å². The van der Waals surface area contributed by atoms with Crippen molar-refractivity contribution < 1.29 is 29.0 Å². The van der Waals surface area contributed by atoms with Crippen LogP contribution in [0, 0.1) is 11.8 Å². The summed E-state index contributed by atoms with van der Waals surface area (Å²) < 4.78 is 12.5. The molecule has 8 nitrogen and oxygen atoms in total. The fourth-order valence-electron chi connectivity index (χ4n) is 6.88. The fraction of sp³-hybridized carbons (Fsp3) is 0.581. The molecule has 1 N–H and O–H groups in total. The second kappa shape index (κ2) is 12.9. The minimum Gasteiger partial charge on any atom is -0.465 e. The molecular weight excluding hydrogens is 532 g/mol. The van der Waals surface area contributed by atoms with Crippen LogP contribution < -0.4 is 4.90 Å². The van der Waals surface area contributed by atoms with Crippen molar-refractivity contribution in [2.75, 3.05) is 31.2 Å². The number of likely N-dealkylation sites (tertiary alicyclic amines) is 1. The number of carbonyl (C=O) groups is 3. The normalized spacial score (nSPS) is 28.4. The van der Waals surface area contributed by atoms with E-state index >= 15 is 0 Å². The van der Waals surface area contributed by atoms with E-state index < -0.39 is 35.0 Å². The van der Waals surface area contributed by atoms with Crippen LogP contribution in [0.2, 0.25) is 5.02 Å². The molecule has 0 saturated carbocycles. The van der Waals surface area contributed by atoms with Gasteiger partial charge in [-0.25, -0.2) is 0 Å². The molecule has 9 heteroatoms. The number of aliphatic hydroxyl groups excluding tert-OH is 1. The van der Waals surface area contributed by atoms with Gasteiger partial charge in [-0.3, -0.25) is 14.4 Å². The lowest BCUT2D eigenvalue weighted by Crippen LogP contribution is -2.56. The number of hydrogen-bond donors (Lipinski definition) is 1. The molecule has 3 heterocycles. The van der Waals surface area contributed by atoms with Gasteiger partial charge in [-0.1, -0.05) is 30.7 Å². The van der Waals surface area contributed by atoms with Crippen LogP contribution in [-0.4, -0.2) is 71.3 Å². The Hall–Kier alpha value is -2.68. The van der Waals surface area contributed by atoms with Crippen LogP contribution in [0.3, 0.4) is 0 Å². The first-order valence-electron chi connectivity index (χ1n) is 14.4. The fourth-order valence-corrected chi connectivity index (χ4v) is 7.00. The van der Waals surface area contributed by atoms with Crippen molar-refractivity contribution in [2.45, 2.75) is 75.5 Å². The van der Waals surface area contributed by atoms with Crippen LogP contribution in [0.25, 0.3) is 0 Å². The van der Waals surface area contributed by atoms with E-state index in [1.165, 1.54) is 0 Å². The number of fused-ring (bicyclic) bond motifs is 1. The van der Waals surface area contributed by atoms with Gasteiger partial charge in [0.1, 0.15) is 17.6 Å². The number of aliphatic hydroxyl groups is 1. The number of esters is 1. The molecule has 0 aliphatic carbocycles. The van der Waals surface area contributed by atoms with Crippen LogP contribution >= 0.6 is 11.6 Å². The molecule has 218 valence electrons. The molecule has 0 aromatic heterocycles. The Balaban J connectivity index is 1.73. The molecule has 2 bridgehead atoms. The minimum atomic E-state index is -1.13. The first kappa shape index (κ1) is 30.3. The predicted octanol–water partition coefficient (Wildman–Crippen LogP) is 4.69. The van der Waals surface area contributed by atoms with Crippen LogP contribution in [0.15, 0.2) is 49.6 Å². The van der Waals surface area contributed by atoms with Crippen molar-refractivity contribution >= 4 is 35.1 Å². The third kappa shape index (κ3) is 5.33. The summed E-state index contributed by atoms with van der Waals surface area (Å²) in [6.45, 7) is 10.4. The smallest absolute Gasteiger partial charge is 0.312 e. The van der Waals surface area contributed by atoms with E-state index in [0.717, 1.165) is 6.42 Å². The first-order chi connectivity index (χ1) is 19.3. The minimum absolute atomic E-state index is 0.0639. The van der Waals surface area contributed by atoms with Crippen molar-refractivity contribution in [3.63, 3.8) is 0 Å². The van der Waals surface area contributed by atoms with E-state index in [1.807, 2.05) is 6.92 Å². The Morgan fingerprint density at radius 2 is 1.93 bits per heavy atom. The maximum Gasteiger partial charge on any atom is 0.312 e. The molecule has 3 aliphatic rings. The topological polar surface area (TPSA) is 96.4 Å². The molecule has 2 unspecified atom stereocenters. The predicted molar refractivity (Wildman–Crippen MR) is 154 cm³/mol. The summed E-state index contributed by atoms with van der Waals surface area (Å²) in [6, 6.07) is 6.07. The number of unbranched alkanes of at least 4 members (excludes halogenated alkanes) is 3. The van der Waals surface area contributed by atoms with Crippen LogP contribution in [-0.2, 0) is 23.9 Å². The number of ether oxygens (including phenoxy) is 2. The average Bonchev–Trinajstić information content (AvgIpc) is 3.56. The van der Waals surface area contributed by atoms with Gasteiger partial charge in [0, 0.05) is 30.4 Å². The van der Waals surface area contributed by atoms with Crippen molar-refractivity contribution in [3.8, 4) is 0 Å². The highest BCUT2D eigenvalue weighted by atomic mass is 35.5. The Morgan fingerprint density at radius 1 is 1.18 bits per heavy atom. The number of carbonyl (C=O) groups excluding carboxylic acids is 3. The van der Waals surface area contributed by atoms with Gasteiger partial charge >= 0.3 is 5.97 Å². The quantitative estimate of drug-likeness (QED) is 0.186. The number of halogens is 1. The summed E-state index contributed by atoms with van der Waals surface area (Å²) in [6.07, 6.45) is 8.36. The number of anilines is 1. The Labute approximate surface area is 241 Å². The van der Waals surface area contributed by atoms with Crippen molar-refractivity contribution in [3.05, 3.63) is 54.6 Å². The molecule has 0 radical (unpaired) electrons. The highest BCUT2D eigenvalue weighted by molar-refractivity contribution is 6.30. The van der Waals surface area contributed by atoms with Crippen molar-refractivity contribution in [1.29, 1.82) is 0 Å². The summed E-state index contributed by atoms with van der Waals surface area (Å²) in [5.41, 5.74) is -1.34. The van der Waals surface area contributed by atoms with Gasteiger partial charge in [0.25, 0.3) is 5.91 Å². The molecule has 4 rings (SSSR count). The number of allylic oxidation sites excluding steroid dienone is 1. The number of rotatable bonds is 15. The van der Waals surface area contributed by atoms with E-state index in [9.17, 15) is 19.5 Å². The number of hydrogen-bond acceptors (Lipinski definition) is 6. The molecule has 1 spiro atoms. The van der Waals surface area contributed by atoms with Crippen LogP contribution in [0.1, 0.15) is 58.3 Å². The van der Waals surface area contributed by atoms with E-state index in [2.05, 4.69) is 13.2 Å². The van der Waals surface area contributed by atoms with Crippen LogP contribution in [0.5, 0.6) is 0 Å². The lowest BCUT2D eigenvalue weighted by atomic mass is 9.65. The van der Waals surface area contributed by atoms with E-state index in [0.29, 0.717) is 62.2 Å². The maximum absolute atomic E-state index is 14.5. The van der Waals surface area contributed by atoms with Crippen LogP contribution in [0.4, 0.5) is 5.69 Å². The van der Waals surface area contributed by atoms with Gasteiger partial charge in [-0.15, -0.1) is 13.2 Å². The highest BCUT2D eigenvalue weighted by Crippen LogP contribution is 2.64. The van der Waals surface area contributed by atoms with Gasteiger partial charge in [0.15, 0.2) is 0 Å². The number of benzene rings is 1. The lowest BCUT2D eigenvalue weighted by Gasteiger charge is -2.37. The zero-order chi connectivity index (χ0) is 28.9. The monoisotopic (exact) mass is 572 g/mol.